The van der Waals surface area contributed by atoms with Gasteiger partial charge in [0.15, 0.2) is 0 Å². The molecular weight excluding hydrogens is 343 g/mol. The van der Waals surface area contributed by atoms with E-state index in [4.69, 9.17) is 4.74 Å². The Morgan fingerprint density at radius 1 is 1.19 bits per heavy atom. The van der Waals surface area contributed by atoms with Gasteiger partial charge in [-0.05, 0) is 57.4 Å². The van der Waals surface area contributed by atoms with Crippen molar-refractivity contribution in [1.82, 2.24) is 10.2 Å². The molecule has 0 saturated heterocycles. The molecule has 1 unspecified atom stereocenters. The lowest BCUT2D eigenvalue weighted by molar-refractivity contribution is 0.188. The monoisotopic (exact) mass is 370 g/mol. The Labute approximate surface area is 160 Å². The lowest BCUT2D eigenvalue weighted by atomic mass is 10.1. The summed E-state index contributed by atoms with van der Waals surface area (Å²) in [6, 6.07) is 14.2. The van der Waals surface area contributed by atoms with E-state index in [1.165, 1.54) is 6.07 Å². The Hall–Kier alpha value is -2.56. The molecule has 2 aromatic rings. The molecule has 2 aromatic carbocycles. The van der Waals surface area contributed by atoms with Crippen LogP contribution in [0, 0.1) is 5.82 Å². The summed E-state index contributed by atoms with van der Waals surface area (Å²) in [5.74, 6) is 0.511. The zero-order chi connectivity index (χ0) is 19.4. The third-order valence-corrected chi connectivity index (χ3v) is 4.62. The molecule has 3 rings (SSSR count). The molecule has 2 amide bonds. The molecule has 0 spiro atoms. The molecule has 0 aromatic heterocycles. The lowest BCUT2D eigenvalue weighted by Gasteiger charge is -2.26. The zero-order valence-electron chi connectivity index (χ0n) is 16.1. The first-order valence-electron chi connectivity index (χ1n) is 9.51. The molecule has 0 radical (unpaired) electrons. The van der Waals surface area contributed by atoms with Gasteiger partial charge in [0.05, 0.1) is 18.7 Å². The molecule has 1 fully saturated rings. The van der Waals surface area contributed by atoms with Crippen molar-refractivity contribution in [2.24, 2.45) is 0 Å². The maximum Gasteiger partial charge on any atom is 0.318 e. The highest BCUT2D eigenvalue weighted by atomic mass is 19.1. The number of nitrogens with one attached hydrogen (secondary N) is 1. The quantitative estimate of drug-likeness (QED) is 0.741. The number of halogens is 1. The minimum Gasteiger partial charge on any atom is -0.491 e. The summed E-state index contributed by atoms with van der Waals surface area (Å²) < 4.78 is 19.7. The number of ether oxygens (including phenoxy) is 1. The predicted molar refractivity (Wildman–Crippen MR) is 104 cm³/mol. The summed E-state index contributed by atoms with van der Waals surface area (Å²) in [6.45, 7) is 6.19. The molecule has 1 aliphatic rings. The highest BCUT2D eigenvalue weighted by Gasteiger charge is 2.33. The number of benzene rings is 2. The highest BCUT2D eigenvalue weighted by molar-refractivity contribution is 5.75. The Bertz CT molecular complexity index is 789. The molecule has 4 nitrogen and oxygen atoms in total. The van der Waals surface area contributed by atoms with Gasteiger partial charge in [0.1, 0.15) is 11.6 Å². The van der Waals surface area contributed by atoms with Crippen LogP contribution >= 0.6 is 0 Å². The number of nitrogens with zero attached hydrogens (tertiary/aromatic N) is 1. The van der Waals surface area contributed by atoms with Crippen LogP contribution in [0.3, 0.4) is 0 Å². The van der Waals surface area contributed by atoms with Gasteiger partial charge in [-0.3, -0.25) is 0 Å². The molecule has 0 heterocycles. The molecule has 1 aliphatic carbocycles. The van der Waals surface area contributed by atoms with Crippen molar-refractivity contribution in [3.63, 3.8) is 0 Å². The molecule has 144 valence electrons. The van der Waals surface area contributed by atoms with Gasteiger partial charge in [-0.2, -0.15) is 0 Å². The van der Waals surface area contributed by atoms with Crippen LogP contribution in [0.5, 0.6) is 5.75 Å². The largest absolute Gasteiger partial charge is 0.491 e. The van der Waals surface area contributed by atoms with Crippen LogP contribution in [0.1, 0.15) is 50.8 Å². The van der Waals surface area contributed by atoms with Crippen LogP contribution in [0.2, 0.25) is 0 Å². The fraction of sp³-hybridized carbons (Fsp3) is 0.409. The summed E-state index contributed by atoms with van der Waals surface area (Å²) in [5.41, 5.74) is 1.52. The van der Waals surface area contributed by atoms with Crippen molar-refractivity contribution < 1.29 is 13.9 Å². The van der Waals surface area contributed by atoms with Gasteiger partial charge < -0.3 is 15.0 Å². The first-order valence-corrected chi connectivity index (χ1v) is 9.51. The zero-order valence-corrected chi connectivity index (χ0v) is 16.1. The van der Waals surface area contributed by atoms with E-state index in [1.807, 2.05) is 45.0 Å². The van der Waals surface area contributed by atoms with Gasteiger partial charge in [-0.15, -0.1) is 0 Å². The van der Waals surface area contributed by atoms with Crippen LogP contribution in [-0.2, 0) is 6.54 Å². The molecule has 5 heteroatoms. The second-order valence-electron chi connectivity index (χ2n) is 7.36. The molecular formula is C22H27FN2O2. The van der Waals surface area contributed by atoms with E-state index in [0.717, 1.165) is 24.2 Å². The van der Waals surface area contributed by atoms with Crippen LogP contribution in [-0.4, -0.2) is 23.1 Å². The summed E-state index contributed by atoms with van der Waals surface area (Å²) in [7, 11) is 0. The Balaban J connectivity index is 1.68. The Morgan fingerprint density at radius 3 is 2.59 bits per heavy atom. The minimum atomic E-state index is -0.275. The maximum absolute atomic E-state index is 14.0. The smallest absolute Gasteiger partial charge is 0.318 e. The molecule has 1 N–H and O–H groups in total. The van der Waals surface area contributed by atoms with Gasteiger partial charge in [0.2, 0.25) is 0 Å². The first-order chi connectivity index (χ1) is 12.9. The molecule has 0 aliphatic heterocycles. The maximum atomic E-state index is 14.0. The third kappa shape index (κ3) is 5.22. The van der Waals surface area contributed by atoms with Crippen LogP contribution < -0.4 is 10.1 Å². The van der Waals surface area contributed by atoms with E-state index in [9.17, 15) is 9.18 Å². The summed E-state index contributed by atoms with van der Waals surface area (Å²) in [6.07, 6.45) is 2.03. The van der Waals surface area contributed by atoms with Crippen molar-refractivity contribution in [3.8, 4) is 5.75 Å². The second kappa shape index (κ2) is 8.42. The first kappa shape index (κ1) is 19.2. The van der Waals surface area contributed by atoms with Gasteiger partial charge in [-0.1, -0.05) is 30.3 Å². The van der Waals surface area contributed by atoms with Gasteiger partial charge in [-0.25, -0.2) is 9.18 Å². The molecule has 1 atom stereocenters. The number of amides is 2. The van der Waals surface area contributed by atoms with Crippen LogP contribution in [0.25, 0.3) is 0 Å². The standard InChI is InChI=1S/C22H27FN2O2/c1-15(2)27-20-9-6-8-17(13-20)16(3)24-22(26)25(19-11-12-19)14-18-7-4-5-10-21(18)23/h4-10,13,15-16,19H,11-12,14H2,1-3H3,(H,24,26). The third-order valence-electron chi connectivity index (χ3n) is 4.62. The second-order valence-corrected chi connectivity index (χ2v) is 7.36. The van der Waals surface area contributed by atoms with Gasteiger partial charge in [0.25, 0.3) is 0 Å². The van der Waals surface area contributed by atoms with E-state index in [1.54, 1.807) is 23.1 Å². The van der Waals surface area contributed by atoms with Gasteiger partial charge in [0, 0.05) is 11.6 Å². The van der Waals surface area contributed by atoms with Crippen molar-refractivity contribution in [1.29, 1.82) is 0 Å². The summed E-state index contributed by atoms with van der Waals surface area (Å²) in [4.78, 5) is 14.6. The van der Waals surface area contributed by atoms with Crippen LogP contribution in [0.15, 0.2) is 48.5 Å². The number of hydrogen-bond donors (Lipinski definition) is 1. The van der Waals surface area contributed by atoms with E-state index in [-0.39, 0.29) is 36.6 Å². The fourth-order valence-corrected chi connectivity index (χ4v) is 3.04. The van der Waals surface area contributed by atoms with Crippen molar-refractivity contribution >= 4 is 6.03 Å². The van der Waals surface area contributed by atoms with Crippen LogP contribution in [0.4, 0.5) is 9.18 Å². The van der Waals surface area contributed by atoms with Crippen molar-refractivity contribution in [2.45, 2.75) is 58.3 Å². The van der Waals surface area contributed by atoms with E-state index in [2.05, 4.69) is 5.32 Å². The topological polar surface area (TPSA) is 41.6 Å². The van der Waals surface area contributed by atoms with E-state index in [0.29, 0.717) is 5.56 Å². The molecule has 1 saturated carbocycles. The average Bonchev–Trinajstić information content (AvgIpc) is 3.45. The molecule has 0 bridgehead atoms. The van der Waals surface area contributed by atoms with Gasteiger partial charge >= 0.3 is 6.03 Å². The number of rotatable bonds is 7. The highest BCUT2D eigenvalue weighted by Crippen LogP contribution is 2.29. The number of hydrogen-bond acceptors (Lipinski definition) is 2. The molecule has 27 heavy (non-hydrogen) atoms. The number of carbonyl (C=O) groups excluding carboxylic acids is 1. The van der Waals surface area contributed by atoms with E-state index < -0.39 is 0 Å². The normalized spacial score (nSPS) is 14.7. The minimum absolute atomic E-state index is 0.0938. The van der Waals surface area contributed by atoms with Crippen molar-refractivity contribution in [3.05, 3.63) is 65.5 Å². The average molecular weight is 370 g/mol. The SMILES string of the molecule is CC(C)Oc1cccc(C(C)NC(=O)N(Cc2ccccc2F)C2CC2)c1. The summed E-state index contributed by atoms with van der Waals surface area (Å²) >= 11 is 0. The Morgan fingerprint density at radius 2 is 1.93 bits per heavy atom. The summed E-state index contributed by atoms with van der Waals surface area (Å²) in [5, 5.41) is 3.05. The fourth-order valence-electron chi connectivity index (χ4n) is 3.04. The Kier molecular flexibility index (Phi) is 5.99. The lowest BCUT2D eigenvalue weighted by Crippen LogP contribution is -2.42. The van der Waals surface area contributed by atoms with E-state index >= 15 is 0 Å². The predicted octanol–water partition coefficient (Wildman–Crippen LogP) is 5.05. The van der Waals surface area contributed by atoms with Crippen molar-refractivity contribution in [2.75, 3.05) is 0 Å². The number of carbonyl (C=O) groups is 1. The number of urea groups is 1.